The van der Waals surface area contributed by atoms with Crippen molar-refractivity contribution in [2.45, 2.75) is 19.4 Å². The van der Waals surface area contributed by atoms with E-state index in [0.717, 1.165) is 11.1 Å². The topological polar surface area (TPSA) is 66.4 Å². The molecule has 0 bridgehead atoms. The molecule has 2 N–H and O–H groups in total. The van der Waals surface area contributed by atoms with Crippen LogP contribution in [0.4, 0.5) is 0 Å². The molecule has 0 fully saturated rings. The van der Waals surface area contributed by atoms with E-state index in [0.29, 0.717) is 5.56 Å². The summed E-state index contributed by atoms with van der Waals surface area (Å²) in [6.45, 7) is 1.88. The van der Waals surface area contributed by atoms with Crippen molar-refractivity contribution in [1.82, 2.24) is 5.32 Å². The van der Waals surface area contributed by atoms with Crippen LogP contribution in [0.2, 0.25) is 0 Å². The minimum atomic E-state index is -1.04. The summed E-state index contributed by atoms with van der Waals surface area (Å²) in [6, 6.07) is 15.4. The van der Waals surface area contributed by atoms with E-state index in [-0.39, 0.29) is 12.3 Å². The molecule has 0 spiro atoms. The molecule has 0 saturated heterocycles. The zero-order valence-corrected chi connectivity index (χ0v) is 11.7. The summed E-state index contributed by atoms with van der Waals surface area (Å²) in [6.07, 6.45) is 0.258. The Hall–Kier alpha value is -2.62. The van der Waals surface area contributed by atoms with E-state index < -0.39 is 12.0 Å². The first-order valence-corrected chi connectivity index (χ1v) is 6.70. The number of carbonyl (C=O) groups is 2. The highest BCUT2D eigenvalue weighted by molar-refractivity contribution is 5.96. The van der Waals surface area contributed by atoms with Gasteiger partial charge in [0.15, 0.2) is 0 Å². The average Bonchev–Trinajstić information content (AvgIpc) is 2.47. The fourth-order valence-electron chi connectivity index (χ4n) is 2.08. The minimum Gasteiger partial charge on any atom is -0.480 e. The Labute approximate surface area is 123 Å². The van der Waals surface area contributed by atoms with Crippen molar-refractivity contribution in [2.24, 2.45) is 0 Å². The summed E-state index contributed by atoms with van der Waals surface area (Å²) in [5.74, 6) is -1.41. The van der Waals surface area contributed by atoms with E-state index in [1.165, 1.54) is 0 Å². The molecular weight excluding hydrogens is 266 g/mol. The first-order valence-electron chi connectivity index (χ1n) is 6.70. The lowest BCUT2D eigenvalue weighted by atomic mass is 10.1. The fraction of sp³-hybridized carbons (Fsp3) is 0.176. The predicted octanol–water partition coefficient (Wildman–Crippen LogP) is 2.42. The van der Waals surface area contributed by atoms with E-state index in [1.54, 1.807) is 18.2 Å². The summed E-state index contributed by atoms with van der Waals surface area (Å²) >= 11 is 0. The summed E-state index contributed by atoms with van der Waals surface area (Å²) in [7, 11) is 0. The van der Waals surface area contributed by atoms with Gasteiger partial charge in [0.1, 0.15) is 6.04 Å². The molecule has 0 aliphatic carbocycles. The van der Waals surface area contributed by atoms with Crippen LogP contribution >= 0.6 is 0 Å². The highest BCUT2D eigenvalue weighted by Crippen LogP contribution is 2.07. The highest BCUT2D eigenvalue weighted by atomic mass is 16.4. The number of nitrogens with one attached hydrogen (secondary N) is 1. The molecule has 108 valence electrons. The van der Waals surface area contributed by atoms with Crippen LogP contribution in [0.15, 0.2) is 54.6 Å². The zero-order valence-electron chi connectivity index (χ0n) is 11.7. The van der Waals surface area contributed by atoms with E-state index in [2.05, 4.69) is 5.32 Å². The van der Waals surface area contributed by atoms with Gasteiger partial charge in [0.05, 0.1) is 0 Å². The number of carboxylic acids is 1. The number of carboxylic acid groups (broad SMARTS) is 1. The molecule has 0 unspecified atom stereocenters. The molecule has 0 aliphatic rings. The number of carbonyl (C=O) groups excluding carboxylic acids is 1. The van der Waals surface area contributed by atoms with Crippen molar-refractivity contribution in [2.75, 3.05) is 0 Å². The summed E-state index contributed by atoms with van der Waals surface area (Å²) in [5.41, 5.74) is 2.29. The number of hydrogen-bond donors (Lipinski definition) is 2. The Morgan fingerprint density at radius 3 is 2.43 bits per heavy atom. The number of amides is 1. The summed E-state index contributed by atoms with van der Waals surface area (Å²) in [4.78, 5) is 23.5. The molecule has 2 aromatic rings. The van der Waals surface area contributed by atoms with Crippen molar-refractivity contribution in [3.05, 3.63) is 71.3 Å². The Balaban J connectivity index is 2.10. The second-order valence-electron chi connectivity index (χ2n) is 4.92. The molecule has 0 aliphatic heterocycles. The van der Waals surface area contributed by atoms with Gasteiger partial charge in [-0.15, -0.1) is 0 Å². The van der Waals surface area contributed by atoms with Crippen molar-refractivity contribution >= 4 is 11.9 Å². The minimum absolute atomic E-state index is 0.258. The van der Waals surface area contributed by atoms with Crippen LogP contribution in [-0.2, 0) is 11.2 Å². The molecule has 4 nitrogen and oxygen atoms in total. The maximum absolute atomic E-state index is 12.1. The normalized spacial score (nSPS) is 11.7. The van der Waals surface area contributed by atoms with Crippen LogP contribution in [-0.4, -0.2) is 23.0 Å². The molecule has 2 rings (SSSR count). The molecule has 2 aromatic carbocycles. The molecule has 0 radical (unpaired) electrons. The maximum Gasteiger partial charge on any atom is 0.326 e. The fourth-order valence-corrected chi connectivity index (χ4v) is 2.08. The lowest BCUT2D eigenvalue weighted by Gasteiger charge is -2.15. The van der Waals surface area contributed by atoms with Gasteiger partial charge in [0.2, 0.25) is 0 Å². The van der Waals surface area contributed by atoms with Crippen LogP contribution in [0.3, 0.4) is 0 Å². The predicted molar refractivity (Wildman–Crippen MR) is 80.2 cm³/mol. The first-order chi connectivity index (χ1) is 10.1. The third-order valence-corrected chi connectivity index (χ3v) is 3.17. The van der Waals surface area contributed by atoms with Crippen LogP contribution in [0, 0.1) is 6.92 Å². The van der Waals surface area contributed by atoms with Gasteiger partial charge in [-0.25, -0.2) is 4.79 Å². The van der Waals surface area contributed by atoms with Crippen molar-refractivity contribution in [1.29, 1.82) is 0 Å². The van der Waals surface area contributed by atoms with E-state index in [1.807, 2.05) is 43.3 Å². The van der Waals surface area contributed by atoms with Crippen LogP contribution in [0.1, 0.15) is 21.5 Å². The third kappa shape index (κ3) is 4.18. The number of rotatable bonds is 5. The molecule has 21 heavy (non-hydrogen) atoms. The molecule has 0 aromatic heterocycles. The standard InChI is InChI=1S/C17H17NO3/c1-12-6-5-9-14(10-12)16(19)18-15(17(20)21)11-13-7-3-2-4-8-13/h2-10,15H,11H2,1H3,(H,18,19)(H,20,21)/t15-/m0/s1. The molecule has 4 heteroatoms. The zero-order chi connectivity index (χ0) is 15.2. The first kappa shape index (κ1) is 14.8. The summed E-state index contributed by atoms with van der Waals surface area (Å²) in [5, 5.41) is 11.8. The Morgan fingerprint density at radius 2 is 1.81 bits per heavy atom. The molecule has 0 saturated carbocycles. The lowest BCUT2D eigenvalue weighted by Crippen LogP contribution is -2.42. The summed E-state index contributed by atoms with van der Waals surface area (Å²) < 4.78 is 0. The van der Waals surface area contributed by atoms with Gasteiger partial charge in [0.25, 0.3) is 5.91 Å². The Kier molecular flexibility index (Phi) is 4.72. The maximum atomic E-state index is 12.1. The Bertz CT molecular complexity index is 637. The lowest BCUT2D eigenvalue weighted by molar-refractivity contribution is -0.139. The third-order valence-electron chi connectivity index (χ3n) is 3.17. The van der Waals surface area contributed by atoms with Gasteiger partial charge in [0, 0.05) is 12.0 Å². The Morgan fingerprint density at radius 1 is 1.10 bits per heavy atom. The van der Waals surface area contributed by atoms with Gasteiger partial charge in [-0.2, -0.15) is 0 Å². The van der Waals surface area contributed by atoms with Crippen molar-refractivity contribution in [3.63, 3.8) is 0 Å². The van der Waals surface area contributed by atoms with Crippen molar-refractivity contribution < 1.29 is 14.7 Å². The molecule has 1 atom stereocenters. The number of benzene rings is 2. The monoisotopic (exact) mass is 283 g/mol. The van der Waals surface area contributed by atoms with Crippen molar-refractivity contribution in [3.8, 4) is 0 Å². The SMILES string of the molecule is Cc1cccc(C(=O)N[C@@H](Cc2ccccc2)C(=O)O)c1. The van der Waals surface area contributed by atoms with Gasteiger partial charge in [-0.3, -0.25) is 4.79 Å². The molecule has 0 heterocycles. The quantitative estimate of drug-likeness (QED) is 0.885. The van der Waals surface area contributed by atoms with Crippen LogP contribution in [0.25, 0.3) is 0 Å². The van der Waals surface area contributed by atoms with Crippen LogP contribution < -0.4 is 5.32 Å². The molecule has 1 amide bonds. The largest absolute Gasteiger partial charge is 0.480 e. The number of aliphatic carboxylic acids is 1. The van der Waals surface area contributed by atoms with Gasteiger partial charge < -0.3 is 10.4 Å². The second-order valence-corrected chi connectivity index (χ2v) is 4.92. The highest BCUT2D eigenvalue weighted by Gasteiger charge is 2.21. The van der Waals surface area contributed by atoms with E-state index in [9.17, 15) is 14.7 Å². The number of hydrogen-bond acceptors (Lipinski definition) is 2. The average molecular weight is 283 g/mol. The van der Waals surface area contributed by atoms with Gasteiger partial charge in [-0.1, -0.05) is 48.0 Å². The second kappa shape index (κ2) is 6.70. The van der Waals surface area contributed by atoms with E-state index in [4.69, 9.17) is 0 Å². The van der Waals surface area contributed by atoms with Crippen LogP contribution in [0.5, 0.6) is 0 Å². The van der Waals surface area contributed by atoms with Gasteiger partial charge in [-0.05, 0) is 24.6 Å². The van der Waals surface area contributed by atoms with E-state index >= 15 is 0 Å². The smallest absolute Gasteiger partial charge is 0.326 e. The van der Waals surface area contributed by atoms with Gasteiger partial charge >= 0.3 is 5.97 Å². The number of aryl methyl sites for hydroxylation is 1. The molecular formula is C17H17NO3.